The van der Waals surface area contributed by atoms with Crippen LogP contribution in [-0.2, 0) is 30.4 Å². The molecule has 1 aromatic carbocycles. The summed E-state index contributed by atoms with van der Waals surface area (Å²) in [5, 5.41) is 0. The number of benzene rings is 1. The van der Waals surface area contributed by atoms with Crippen LogP contribution in [0.5, 0.6) is 5.75 Å². The third-order valence-corrected chi connectivity index (χ3v) is 2.44. The van der Waals surface area contributed by atoms with E-state index in [1.807, 2.05) is 0 Å². The van der Waals surface area contributed by atoms with Crippen molar-refractivity contribution in [3.63, 3.8) is 0 Å². The van der Waals surface area contributed by atoms with Crippen molar-refractivity contribution < 1.29 is 33.3 Å². The maximum absolute atomic E-state index is 11.5. The summed E-state index contributed by atoms with van der Waals surface area (Å²) in [7, 11) is 2.50. The summed E-state index contributed by atoms with van der Waals surface area (Å²) in [6.45, 7) is 0.980. The molecule has 0 saturated carbocycles. The Kier molecular flexibility index (Phi) is 6.35. The Morgan fingerprint density at radius 1 is 1.10 bits per heavy atom. The van der Waals surface area contributed by atoms with E-state index in [4.69, 9.17) is 9.47 Å². The van der Waals surface area contributed by atoms with Gasteiger partial charge in [-0.3, -0.25) is 4.79 Å². The van der Waals surface area contributed by atoms with Gasteiger partial charge in [-0.15, -0.1) is 0 Å². The first kappa shape index (κ1) is 16.6. The lowest BCUT2D eigenvalue weighted by atomic mass is 10.1. The predicted molar refractivity (Wildman–Crippen MR) is 70.8 cm³/mol. The molecular formula is C14H16O7. The van der Waals surface area contributed by atoms with E-state index in [9.17, 15) is 14.4 Å². The lowest BCUT2D eigenvalue weighted by Crippen LogP contribution is -2.12. The Morgan fingerprint density at radius 2 is 1.81 bits per heavy atom. The number of carbonyl (C=O) groups excluding carboxylic acids is 3. The molecule has 114 valence electrons. The Bertz CT molecular complexity index is 536. The van der Waals surface area contributed by atoms with Crippen molar-refractivity contribution in [2.24, 2.45) is 0 Å². The quantitative estimate of drug-likeness (QED) is 0.573. The largest absolute Gasteiger partial charge is 0.467 e. The minimum Gasteiger partial charge on any atom is -0.467 e. The smallest absolute Gasteiger partial charge is 0.337 e. The van der Waals surface area contributed by atoms with E-state index in [2.05, 4.69) is 9.47 Å². The SMILES string of the molecule is COC(=O)COCc1cc(C(=O)OC)ccc1OC(C)=O. The molecule has 0 aliphatic carbocycles. The first-order chi connectivity index (χ1) is 9.97. The maximum Gasteiger partial charge on any atom is 0.337 e. The van der Waals surface area contributed by atoms with Gasteiger partial charge in [0.05, 0.1) is 26.4 Å². The number of hydrogen-bond donors (Lipinski definition) is 0. The van der Waals surface area contributed by atoms with E-state index in [1.165, 1.54) is 39.3 Å². The molecule has 0 N–H and O–H groups in total. The van der Waals surface area contributed by atoms with E-state index >= 15 is 0 Å². The monoisotopic (exact) mass is 296 g/mol. The van der Waals surface area contributed by atoms with Crippen LogP contribution in [-0.4, -0.2) is 38.7 Å². The summed E-state index contributed by atoms with van der Waals surface area (Å²) in [6, 6.07) is 4.40. The van der Waals surface area contributed by atoms with Crippen LogP contribution in [0.4, 0.5) is 0 Å². The molecule has 0 aliphatic heterocycles. The first-order valence-electron chi connectivity index (χ1n) is 6.02. The summed E-state index contributed by atoms with van der Waals surface area (Å²) in [5.74, 6) is -1.32. The van der Waals surface area contributed by atoms with Gasteiger partial charge in [0, 0.05) is 12.5 Å². The van der Waals surface area contributed by atoms with Crippen LogP contribution in [0, 0.1) is 0 Å². The average Bonchev–Trinajstić information content (AvgIpc) is 2.47. The van der Waals surface area contributed by atoms with Gasteiger partial charge in [-0.25, -0.2) is 9.59 Å². The van der Waals surface area contributed by atoms with Crippen molar-refractivity contribution in [1.29, 1.82) is 0 Å². The van der Waals surface area contributed by atoms with Crippen LogP contribution in [0.15, 0.2) is 18.2 Å². The number of ether oxygens (including phenoxy) is 4. The van der Waals surface area contributed by atoms with Gasteiger partial charge in [0.25, 0.3) is 0 Å². The second-order valence-electron chi connectivity index (χ2n) is 3.98. The van der Waals surface area contributed by atoms with Gasteiger partial charge in [-0.2, -0.15) is 0 Å². The molecule has 0 heterocycles. The van der Waals surface area contributed by atoms with Crippen molar-refractivity contribution >= 4 is 17.9 Å². The fourth-order valence-corrected chi connectivity index (χ4v) is 1.49. The zero-order chi connectivity index (χ0) is 15.8. The molecule has 21 heavy (non-hydrogen) atoms. The van der Waals surface area contributed by atoms with Crippen molar-refractivity contribution in [3.8, 4) is 5.75 Å². The van der Waals surface area contributed by atoms with Crippen LogP contribution in [0.2, 0.25) is 0 Å². The molecule has 0 aliphatic rings. The van der Waals surface area contributed by atoms with Gasteiger partial charge < -0.3 is 18.9 Å². The van der Waals surface area contributed by atoms with Crippen LogP contribution in [0.1, 0.15) is 22.8 Å². The molecule has 0 atom stereocenters. The molecule has 0 amide bonds. The highest BCUT2D eigenvalue weighted by molar-refractivity contribution is 5.89. The molecule has 7 heteroatoms. The number of hydrogen-bond acceptors (Lipinski definition) is 7. The maximum atomic E-state index is 11.5. The molecule has 0 spiro atoms. The second-order valence-corrected chi connectivity index (χ2v) is 3.98. The van der Waals surface area contributed by atoms with Crippen LogP contribution in [0.3, 0.4) is 0 Å². The van der Waals surface area contributed by atoms with Crippen molar-refractivity contribution in [2.75, 3.05) is 20.8 Å². The number of carbonyl (C=O) groups is 3. The lowest BCUT2D eigenvalue weighted by molar-refractivity contribution is -0.146. The van der Waals surface area contributed by atoms with Crippen LogP contribution >= 0.6 is 0 Å². The normalized spacial score (nSPS) is 9.86. The zero-order valence-electron chi connectivity index (χ0n) is 12.0. The highest BCUT2D eigenvalue weighted by Crippen LogP contribution is 2.22. The number of methoxy groups -OCH3 is 2. The summed E-state index contributed by atoms with van der Waals surface area (Å²) in [5.41, 5.74) is 0.724. The van der Waals surface area contributed by atoms with Gasteiger partial charge in [0.1, 0.15) is 12.4 Å². The molecule has 0 bridgehead atoms. The molecule has 0 fully saturated rings. The van der Waals surface area contributed by atoms with Gasteiger partial charge in [0.15, 0.2) is 0 Å². The van der Waals surface area contributed by atoms with E-state index < -0.39 is 17.9 Å². The Hall–Kier alpha value is -2.41. The Morgan fingerprint density at radius 3 is 2.38 bits per heavy atom. The van der Waals surface area contributed by atoms with E-state index in [-0.39, 0.29) is 24.5 Å². The number of rotatable bonds is 6. The summed E-state index contributed by atoms with van der Waals surface area (Å²) in [4.78, 5) is 33.5. The van der Waals surface area contributed by atoms with E-state index in [0.29, 0.717) is 5.56 Å². The topological polar surface area (TPSA) is 88.1 Å². The van der Waals surface area contributed by atoms with Gasteiger partial charge in [0.2, 0.25) is 0 Å². The predicted octanol–water partition coefficient (Wildman–Crippen LogP) is 1.09. The third kappa shape index (κ3) is 5.23. The van der Waals surface area contributed by atoms with Crippen LogP contribution < -0.4 is 4.74 Å². The summed E-state index contributed by atoms with van der Waals surface area (Å²) >= 11 is 0. The highest BCUT2D eigenvalue weighted by Gasteiger charge is 2.13. The molecule has 7 nitrogen and oxygen atoms in total. The molecule has 0 aromatic heterocycles. The fraction of sp³-hybridized carbons (Fsp3) is 0.357. The standard InChI is InChI=1S/C14H16O7/c1-9(15)21-12-5-4-10(14(17)19-3)6-11(12)7-20-8-13(16)18-2/h4-6H,7-8H2,1-3H3. The van der Waals surface area contributed by atoms with E-state index in [0.717, 1.165) is 0 Å². The average molecular weight is 296 g/mol. The molecule has 1 rings (SSSR count). The third-order valence-electron chi connectivity index (χ3n) is 2.44. The molecule has 0 unspecified atom stereocenters. The van der Waals surface area contributed by atoms with Gasteiger partial charge >= 0.3 is 17.9 Å². The molecule has 0 radical (unpaired) electrons. The number of esters is 3. The van der Waals surface area contributed by atoms with Crippen molar-refractivity contribution in [1.82, 2.24) is 0 Å². The molecular weight excluding hydrogens is 280 g/mol. The first-order valence-corrected chi connectivity index (χ1v) is 6.02. The van der Waals surface area contributed by atoms with Crippen molar-refractivity contribution in [3.05, 3.63) is 29.3 Å². The summed E-state index contributed by atoms with van der Waals surface area (Å²) < 4.78 is 19.2. The Balaban J connectivity index is 2.90. The van der Waals surface area contributed by atoms with Gasteiger partial charge in [-0.1, -0.05) is 0 Å². The second kappa shape index (κ2) is 8.01. The molecule has 1 aromatic rings. The lowest BCUT2D eigenvalue weighted by Gasteiger charge is -2.11. The van der Waals surface area contributed by atoms with E-state index in [1.54, 1.807) is 0 Å². The fourth-order valence-electron chi connectivity index (χ4n) is 1.49. The summed E-state index contributed by atoms with van der Waals surface area (Å²) in [6.07, 6.45) is 0. The highest BCUT2D eigenvalue weighted by atomic mass is 16.6. The molecule has 0 saturated heterocycles. The van der Waals surface area contributed by atoms with Gasteiger partial charge in [-0.05, 0) is 18.2 Å². The minimum absolute atomic E-state index is 0.0253. The zero-order valence-corrected chi connectivity index (χ0v) is 12.0. The van der Waals surface area contributed by atoms with Crippen molar-refractivity contribution in [2.45, 2.75) is 13.5 Å². The Labute approximate surface area is 121 Å². The van der Waals surface area contributed by atoms with Crippen LogP contribution in [0.25, 0.3) is 0 Å². The minimum atomic E-state index is -0.534.